The molecule has 0 saturated heterocycles. The van der Waals surface area contributed by atoms with Crippen molar-refractivity contribution in [1.29, 1.82) is 0 Å². The molecule has 0 unspecified atom stereocenters. The second-order valence-corrected chi connectivity index (χ2v) is 1.92. The molecule has 2 aliphatic carbocycles. The largest absolute Gasteiger partial charge is 2.00 e. The molecule has 2 rings (SSSR count). The summed E-state index contributed by atoms with van der Waals surface area (Å²) in [7, 11) is 0. The average molecular weight is 398 g/mol. The fourth-order valence-corrected chi connectivity index (χ4v) is 0.642. The summed E-state index contributed by atoms with van der Waals surface area (Å²) in [6.07, 6.45) is 20.0. The van der Waals surface area contributed by atoms with Crippen molar-refractivity contribution in [2.24, 2.45) is 0 Å². The van der Waals surface area contributed by atoms with Crippen LogP contribution in [0.15, 0.2) is 0 Å². The number of hydrogen-bond donors (Lipinski definition) is 0. The van der Waals surface area contributed by atoms with Crippen molar-refractivity contribution in [3.05, 3.63) is 64.2 Å². The Hall–Kier alpha value is 1.18. The minimum Gasteiger partial charge on any atom is -0.0626 e. The van der Waals surface area contributed by atoms with Crippen LogP contribution in [0.25, 0.3) is 0 Å². The summed E-state index contributed by atoms with van der Waals surface area (Å²) in [5.74, 6) is 0. The Morgan fingerprint density at radius 1 is 0.308 bits per heavy atom. The van der Waals surface area contributed by atoms with Crippen molar-refractivity contribution in [3.8, 4) is 0 Å². The Morgan fingerprint density at radius 2 is 0.385 bits per heavy atom. The Balaban J connectivity index is -0.000000125. The molecule has 0 amide bonds. The van der Waals surface area contributed by atoms with Crippen molar-refractivity contribution in [3.63, 3.8) is 0 Å². The van der Waals surface area contributed by atoms with E-state index in [1.807, 2.05) is 64.2 Å². The van der Waals surface area contributed by atoms with E-state index in [1.54, 1.807) is 0 Å². The van der Waals surface area contributed by atoms with Crippen LogP contribution in [0.2, 0.25) is 0 Å². The normalized spacial score (nSPS) is 18.5. The van der Waals surface area contributed by atoms with Crippen molar-refractivity contribution in [2.45, 2.75) is 0 Å². The van der Waals surface area contributed by atoms with E-state index < -0.39 is 0 Å². The molecule has 0 aromatic rings. The van der Waals surface area contributed by atoms with E-state index in [0.717, 1.165) is 0 Å². The molecule has 0 heterocycles. The Bertz CT molecular complexity index is 46.1. The van der Waals surface area contributed by atoms with Crippen LogP contribution in [0.4, 0.5) is 0 Å². The Labute approximate surface area is 112 Å². The van der Waals surface area contributed by atoms with Crippen molar-refractivity contribution in [2.75, 3.05) is 0 Å². The van der Waals surface area contributed by atoms with Gasteiger partial charge >= 0.3 is 31.1 Å². The summed E-state index contributed by atoms with van der Waals surface area (Å²) >= 11 is 0. The topological polar surface area (TPSA) is 0 Å². The first-order chi connectivity index (χ1) is 5.00. The molecule has 2 fully saturated rings. The third kappa shape index (κ3) is 13.2. The van der Waals surface area contributed by atoms with E-state index in [4.69, 9.17) is 0 Å². The minimum atomic E-state index is 0. The molecular formula is C10H18B2U. The fourth-order valence-electron chi connectivity index (χ4n) is 0.642. The molecule has 0 atom stereocenters. The van der Waals surface area contributed by atoms with Gasteiger partial charge in [-0.25, -0.2) is 0 Å². The summed E-state index contributed by atoms with van der Waals surface area (Å²) in [6, 6.07) is 0. The zero-order chi connectivity index (χ0) is 7.07. The van der Waals surface area contributed by atoms with Gasteiger partial charge < -0.3 is 0 Å². The maximum absolute atomic E-state index is 2.00. The molecule has 0 spiro atoms. The molecule has 0 aromatic carbocycles. The van der Waals surface area contributed by atoms with Gasteiger partial charge in [0, 0.05) is 0 Å². The van der Waals surface area contributed by atoms with Gasteiger partial charge in [-0.3, -0.25) is 0 Å². The third-order valence-corrected chi connectivity index (χ3v) is 1.11. The SMILES string of the molecule is [BH4-].[BH4-].[CH]1[CH][CH][CH][CH]1.[CH]1[CH][CH][CH][CH]1.[U+2]. The maximum atomic E-state index is 2.00. The smallest absolute Gasteiger partial charge is 0.0626 e. The first-order valence-electron chi connectivity index (χ1n) is 3.33. The van der Waals surface area contributed by atoms with Crippen LogP contribution in [0.1, 0.15) is 0 Å². The fraction of sp³-hybridized carbons (Fsp3) is 0. The molecule has 0 aliphatic heterocycles. The van der Waals surface area contributed by atoms with Crippen LogP contribution in [-0.2, 0) is 0 Å². The van der Waals surface area contributed by atoms with Crippen molar-refractivity contribution in [1.82, 2.24) is 0 Å². The van der Waals surface area contributed by atoms with E-state index in [1.165, 1.54) is 0 Å². The molecular weight excluding hydrogens is 380 g/mol. The van der Waals surface area contributed by atoms with Crippen LogP contribution in [0.3, 0.4) is 0 Å². The summed E-state index contributed by atoms with van der Waals surface area (Å²) < 4.78 is 0. The molecule has 3 heteroatoms. The van der Waals surface area contributed by atoms with E-state index in [2.05, 4.69) is 0 Å². The van der Waals surface area contributed by atoms with Gasteiger partial charge in [0.25, 0.3) is 0 Å². The molecule has 0 aromatic heterocycles. The van der Waals surface area contributed by atoms with Gasteiger partial charge in [-0.15, -0.1) is 0 Å². The quantitative estimate of drug-likeness (QED) is 0.467. The summed E-state index contributed by atoms with van der Waals surface area (Å²) in [4.78, 5) is 0. The van der Waals surface area contributed by atoms with Gasteiger partial charge in [-0.1, -0.05) is 16.8 Å². The monoisotopic (exact) mass is 398 g/mol. The maximum Gasteiger partial charge on any atom is 2.00 e. The van der Waals surface area contributed by atoms with Gasteiger partial charge in [-0.2, -0.15) is 0 Å². The van der Waals surface area contributed by atoms with E-state index in [-0.39, 0.29) is 47.9 Å². The summed E-state index contributed by atoms with van der Waals surface area (Å²) in [6.45, 7) is 0. The number of rotatable bonds is 0. The van der Waals surface area contributed by atoms with Gasteiger partial charge in [-0.05, 0) is 64.2 Å². The molecule has 2 aliphatic rings. The second kappa shape index (κ2) is 15.6. The zero-order valence-electron chi connectivity index (χ0n) is 6.27. The minimum absolute atomic E-state index is 0. The molecule has 68 valence electrons. The van der Waals surface area contributed by atoms with Crippen LogP contribution in [0, 0.1) is 95.3 Å². The average Bonchev–Trinajstić information content (AvgIpc) is 2.67. The Kier molecular flexibility index (Phi) is 23.7. The van der Waals surface area contributed by atoms with Crippen LogP contribution in [0.5, 0.6) is 0 Å². The molecule has 13 heavy (non-hydrogen) atoms. The standard InChI is InChI=1S/2C5H5.2BH4.U/c2*1-2-4-5-3-1;;;/h2*1-5H;2*1H4;/q;;2*-1;+2. The van der Waals surface area contributed by atoms with E-state index >= 15 is 0 Å². The van der Waals surface area contributed by atoms with Crippen molar-refractivity contribution < 1.29 is 31.1 Å². The first-order valence-corrected chi connectivity index (χ1v) is 3.33. The predicted octanol–water partition coefficient (Wildman–Crippen LogP) is -0.860. The first kappa shape index (κ1) is 19.7. The van der Waals surface area contributed by atoms with E-state index in [9.17, 15) is 0 Å². The van der Waals surface area contributed by atoms with Crippen LogP contribution in [-0.4, -0.2) is 16.8 Å². The van der Waals surface area contributed by atoms with Gasteiger partial charge in [0.15, 0.2) is 0 Å². The summed E-state index contributed by atoms with van der Waals surface area (Å²) in [5, 5.41) is 0. The molecule has 0 nitrogen and oxygen atoms in total. The molecule has 2 saturated carbocycles. The Morgan fingerprint density at radius 3 is 0.462 bits per heavy atom. The molecule has 10 radical (unpaired) electrons. The third-order valence-electron chi connectivity index (χ3n) is 1.11. The summed E-state index contributed by atoms with van der Waals surface area (Å²) in [5.41, 5.74) is 0. The second-order valence-electron chi connectivity index (χ2n) is 1.92. The predicted molar refractivity (Wildman–Crippen MR) is 65.7 cm³/mol. The number of hydrogen-bond acceptors (Lipinski definition) is 0. The molecule has 0 N–H and O–H groups in total. The van der Waals surface area contributed by atoms with Gasteiger partial charge in [0.1, 0.15) is 0 Å². The van der Waals surface area contributed by atoms with E-state index in [0.29, 0.717) is 0 Å². The van der Waals surface area contributed by atoms with Crippen LogP contribution < -0.4 is 0 Å². The van der Waals surface area contributed by atoms with Crippen molar-refractivity contribution >= 4 is 16.8 Å². The van der Waals surface area contributed by atoms with Gasteiger partial charge in [0.05, 0.1) is 0 Å². The van der Waals surface area contributed by atoms with Gasteiger partial charge in [0.2, 0.25) is 0 Å². The molecule has 0 bridgehead atoms. The van der Waals surface area contributed by atoms with Crippen LogP contribution >= 0.6 is 0 Å². The zero-order valence-corrected chi connectivity index (χ0v) is 10.4.